The third kappa shape index (κ3) is 4.68. The SMILES string of the molecule is CN(C)c1cc(CN2CCC(C(F)F)CC2)c(O)c2c1C[C@H]1C[C@H]3[C@H](N(C)C)C(O)=C(C(N)=O)C(=O)[C@@]3(O)C(O)=C1C2=O. The van der Waals surface area contributed by atoms with Crippen molar-refractivity contribution in [2.45, 2.75) is 50.3 Å². The number of hydrogen-bond donors (Lipinski definition) is 5. The molecule has 234 valence electrons. The molecule has 11 nitrogen and oxygen atoms in total. The number of phenols is 1. The second kappa shape index (κ2) is 10.9. The Labute approximate surface area is 247 Å². The van der Waals surface area contributed by atoms with Gasteiger partial charge in [0.2, 0.25) is 12.2 Å². The molecule has 0 saturated carbocycles. The topological polar surface area (TPSA) is 168 Å². The van der Waals surface area contributed by atoms with E-state index in [0.29, 0.717) is 42.7 Å². The van der Waals surface area contributed by atoms with Gasteiger partial charge in [-0.15, -0.1) is 0 Å². The first-order valence-electron chi connectivity index (χ1n) is 14.3. The number of amides is 1. The van der Waals surface area contributed by atoms with Gasteiger partial charge in [-0.05, 0) is 70.4 Å². The summed E-state index contributed by atoms with van der Waals surface area (Å²) in [5, 5.41) is 45.7. The fourth-order valence-electron chi connectivity index (χ4n) is 7.48. The number of aromatic hydroxyl groups is 1. The summed E-state index contributed by atoms with van der Waals surface area (Å²) in [4.78, 5) is 45.1. The van der Waals surface area contributed by atoms with Crippen molar-refractivity contribution in [3.63, 3.8) is 0 Å². The fourth-order valence-corrected chi connectivity index (χ4v) is 7.48. The summed E-state index contributed by atoms with van der Waals surface area (Å²) in [5.41, 5.74) is 3.12. The van der Waals surface area contributed by atoms with Crippen molar-refractivity contribution in [1.82, 2.24) is 9.80 Å². The standard InChI is InChI=1S/C30H38F2N4O7/c1-34(2)18-11-15(12-36-7-5-13(6-8-36)28(31)32)23(37)20-16(18)9-14-10-17-22(35(3)4)25(39)21(29(33)42)27(41)30(17,43)26(40)19(14)24(20)38/h11,13-14,17,22,28,37,39-40,43H,5-10,12H2,1-4H3,(H2,33,42)/t14-,17-,22-,30-/m0/s1. The third-order valence-corrected chi connectivity index (χ3v) is 9.64. The molecule has 43 heavy (non-hydrogen) atoms. The molecule has 1 amide bonds. The molecular weight excluding hydrogens is 566 g/mol. The van der Waals surface area contributed by atoms with E-state index in [4.69, 9.17) is 5.73 Å². The minimum atomic E-state index is -2.71. The summed E-state index contributed by atoms with van der Waals surface area (Å²) >= 11 is 0. The smallest absolute Gasteiger partial charge is 0.255 e. The monoisotopic (exact) mass is 604 g/mol. The molecule has 1 heterocycles. The van der Waals surface area contributed by atoms with Gasteiger partial charge < -0.3 is 31.1 Å². The molecule has 1 aromatic rings. The van der Waals surface area contributed by atoms with E-state index in [9.17, 15) is 43.6 Å². The minimum Gasteiger partial charge on any atom is -0.510 e. The predicted octanol–water partition coefficient (Wildman–Crippen LogP) is 1.66. The maximum atomic E-state index is 14.2. The van der Waals surface area contributed by atoms with Gasteiger partial charge in [0.25, 0.3) is 5.91 Å². The summed E-state index contributed by atoms with van der Waals surface area (Å²) in [7, 11) is 6.72. The molecule has 0 spiro atoms. The van der Waals surface area contributed by atoms with Crippen molar-refractivity contribution in [2.75, 3.05) is 46.2 Å². The molecule has 5 rings (SSSR count). The van der Waals surface area contributed by atoms with Crippen LogP contribution in [0.5, 0.6) is 5.75 Å². The maximum absolute atomic E-state index is 14.2. The third-order valence-electron chi connectivity index (χ3n) is 9.64. The molecule has 3 aliphatic carbocycles. The van der Waals surface area contributed by atoms with E-state index in [1.165, 1.54) is 4.90 Å². The van der Waals surface area contributed by atoms with Crippen LogP contribution in [0.1, 0.15) is 40.7 Å². The molecular formula is C30H38F2N4O7. The number of likely N-dealkylation sites (tertiary alicyclic amines) is 1. The van der Waals surface area contributed by atoms with Gasteiger partial charge in [-0.2, -0.15) is 0 Å². The normalized spacial score (nSPS) is 28.3. The van der Waals surface area contributed by atoms with E-state index in [1.807, 2.05) is 4.90 Å². The number of nitrogens with zero attached hydrogens (tertiary/aromatic N) is 3. The lowest BCUT2D eigenvalue weighted by Crippen LogP contribution is -2.63. The number of piperidine rings is 1. The van der Waals surface area contributed by atoms with Crippen molar-refractivity contribution < 1.29 is 43.6 Å². The Balaban J connectivity index is 1.61. The van der Waals surface area contributed by atoms with Crippen LogP contribution in [0.2, 0.25) is 0 Å². The second-order valence-electron chi connectivity index (χ2n) is 12.6. The lowest BCUT2D eigenvalue weighted by molar-refractivity contribution is -0.148. The number of carbonyl (C=O) groups is 3. The number of alkyl halides is 2. The van der Waals surface area contributed by atoms with Gasteiger partial charge >= 0.3 is 0 Å². The summed E-state index contributed by atoms with van der Waals surface area (Å²) in [6.07, 6.45) is -1.59. The molecule has 6 N–H and O–H groups in total. The number of likely N-dealkylation sites (N-methyl/N-ethyl adjacent to an activating group) is 1. The van der Waals surface area contributed by atoms with Crippen LogP contribution in [0.15, 0.2) is 28.7 Å². The molecule has 13 heteroatoms. The highest BCUT2D eigenvalue weighted by Crippen LogP contribution is 2.53. The lowest BCUT2D eigenvalue weighted by Gasteiger charge is -2.50. The number of Topliss-reactive ketones (excluding diaryl/α,β-unsaturated/α-hetero) is 2. The first kappa shape index (κ1) is 30.9. The Morgan fingerprint density at radius 2 is 1.77 bits per heavy atom. The zero-order chi connectivity index (χ0) is 31.7. The van der Waals surface area contributed by atoms with E-state index < -0.39 is 70.4 Å². The van der Waals surface area contributed by atoms with Crippen molar-refractivity contribution in [2.24, 2.45) is 23.5 Å². The van der Waals surface area contributed by atoms with Gasteiger partial charge in [0.1, 0.15) is 22.8 Å². The van der Waals surface area contributed by atoms with Crippen LogP contribution < -0.4 is 10.6 Å². The summed E-state index contributed by atoms with van der Waals surface area (Å²) in [6.45, 7) is 1.01. The number of primary amides is 1. The molecule has 0 unspecified atom stereocenters. The van der Waals surface area contributed by atoms with Crippen LogP contribution in [0.3, 0.4) is 0 Å². The van der Waals surface area contributed by atoms with Gasteiger partial charge in [0, 0.05) is 49.3 Å². The zero-order valence-electron chi connectivity index (χ0n) is 24.6. The molecule has 4 aliphatic rings. The molecule has 0 radical (unpaired) electrons. The zero-order valence-corrected chi connectivity index (χ0v) is 24.6. The number of carbonyl (C=O) groups excluding carboxylic acids is 3. The Bertz CT molecular complexity index is 1450. The Kier molecular flexibility index (Phi) is 7.81. The first-order chi connectivity index (χ1) is 20.1. The second-order valence-corrected chi connectivity index (χ2v) is 12.6. The summed E-state index contributed by atoms with van der Waals surface area (Å²) < 4.78 is 26.3. The number of rotatable bonds is 6. The van der Waals surface area contributed by atoms with Gasteiger partial charge in [0.15, 0.2) is 11.4 Å². The number of aliphatic hydroxyl groups is 3. The van der Waals surface area contributed by atoms with Crippen molar-refractivity contribution in [3.8, 4) is 5.75 Å². The average Bonchev–Trinajstić information content (AvgIpc) is 2.92. The Morgan fingerprint density at radius 1 is 1.14 bits per heavy atom. The lowest BCUT2D eigenvalue weighted by atomic mass is 9.58. The van der Waals surface area contributed by atoms with Crippen LogP contribution in [-0.4, -0.2) is 107 Å². The van der Waals surface area contributed by atoms with E-state index in [1.54, 1.807) is 39.2 Å². The molecule has 0 bridgehead atoms. The van der Waals surface area contributed by atoms with E-state index in [0.717, 1.165) is 0 Å². The number of fused-ring (bicyclic) bond motifs is 3. The summed E-state index contributed by atoms with van der Waals surface area (Å²) in [5.74, 6) is -7.65. The molecule has 1 aliphatic heterocycles. The number of hydrogen-bond acceptors (Lipinski definition) is 10. The van der Waals surface area contributed by atoms with Gasteiger partial charge in [-0.3, -0.25) is 24.2 Å². The quantitative estimate of drug-likeness (QED) is 0.301. The highest BCUT2D eigenvalue weighted by Gasteiger charge is 2.63. The van der Waals surface area contributed by atoms with E-state index >= 15 is 0 Å². The molecule has 4 atom stereocenters. The van der Waals surface area contributed by atoms with Crippen LogP contribution in [0, 0.1) is 17.8 Å². The molecule has 0 aromatic heterocycles. The number of ketones is 2. The minimum absolute atomic E-state index is 0.000223. The number of anilines is 1. The Morgan fingerprint density at radius 3 is 2.30 bits per heavy atom. The highest BCUT2D eigenvalue weighted by molar-refractivity contribution is 6.25. The number of aliphatic hydroxyl groups excluding tert-OH is 2. The number of allylic oxidation sites excluding steroid dienone is 1. The molecule has 1 saturated heterocycles. The van der Waals surface area contributed by atoms with Crippen LogP contribution in [-0.2, 0) is 22.6 Å². The van der Waals surface area contributed by atoms with Gasteiger partial charge in [-0.25, -0.2) is 8.78 Å². The summed E-state index contributed by atoms with van der Waals surface area (Å²) in [6, 6.07) is 0.707. The van der Waals surface area contributed by atoms with Crippen LogP contribution in [0.25, 0.3) is 0 Å². The molecule has 1 fully saturated rings. The number of benzene rings is 1. The van der Waals surface area contributed by atoms with Crippen molar-refractivity contribution in [1.29, 1.82) is 0 Å². The maximum Gasteiger partial charge on any atom is 0.255 e. The highest BCUT2D eigenvalue weighted by atomic mass is 19.3. The van der Waals surface area contributed by atoms with Gasteiger partial charge in [0.05, 0.1) is 11.6 Å². The Hall–Kier alpha value is -3.55. The number of nitrogens with two attached hydrogens (primary N) is 1. The van der Waals surface area contributed by atoms with Crippen LogP contribution >= 0.6 is 0 Å². The van der Waals surface area contributed by atoms with Crippen LogP contribution in [0.4, 0.5) is 14.5 Å². The average molecular weight is 605 g/mol. The fraction of sp³-hybridized carbons (Fsp3) is 0.567. The largest absolute Gasteiger partial charge is 0.510 e. The van der Waals surface area contributed by atoms with Crippen molar-refractivity contribution >= 4 is 23.2 Å². The number of phenolic OH excluding ortho intramolecular Hbond substituents is 1. The van der Waals surface area contributed by atoms with Gasteiger partial charge in [-0.1, -0.05) is 0 Å². The van der Waals surface area contributed by atoms with E-state index in [-0.39, 0.29) is 36.3 Å². The predicted molar refractivity (Wildman–Crippen MR) is 152 cm³/mol. The van der Waals surface area contributed by atoms with Crippen molar-refractivity contribution in [3.05, 3.63) is 45.4 Å². The first-order valence-corrected chi connectivity index (χ1v) is 14.3. The molecule has 1 aromatic carbocycles. The van der Waals surface area contributed by atoms with E-state index in [2.05, 4.69) is 0 Å². The number of halogens is 2.